The molecule has 0 unspecified atom stereocenters. The summed E-state index contributed by atoms with van der Waals surface area (Å²) in [4.78, 5) is 0.167. The van der Waals surface area contributed by atoms with E-state index in [1.54, 1.807) is 19.1 Å². The molecule has 6 heteroatoms. The molecule has 0 atom stereocenters. The van der Waals surface area contributed by atoms with Crippen molar-refractivity contribution in [3.05, 3.63) is 29.8 Å². The molecule has 0 aliphatic carbocycles. The first-order valence-corrected chi connectivity index (χ1v) is 6.61. The van der Waals surface area contributed by atoms with Crippen molar-refractivity contribution in [1.82, 2.24) is 4.72 Å². The summed E-state index contributed by atoms with van der Waals surface area (Å²) in [6, 6.07) is 6.48. The zero-order valence-corrected chi connectivity index (χ0v) is 10.7. The minimum Gasteiger partial charge on any atom is -0.471 e. The van der Waals surface area contributed by atoms with E-state index in [4.69, 9.17) is 17.0 Å². The summed E-state index contributed by atoms with van der Waals surface area (Å²) in [7, 11) is -3.61. The molecule has 0 fully saturated rings. The Balaban J connectivity index is 2.86. The lowest BCUT2D eigenvalue weighted by Gasteiger charge is -2.09. The molecule has 0 saturated heterocycles. The minimum atomic E-state index is -3.61. The average Bonchev–Trinajstić information content (AvgIpc) is 2.17. The molecule has 0 spiro atoms. The van der Waals surface area contributed by atoms with Crippen LogP contribution in [-0.2, 0) is 14.8 Å². The molecule has 0 heterocycles. The number of thiocarbonyl (C=S) groups is 1. The Hall–Kier alpha value is -1.14. The Kier molecular flexibility index (Phi) is 4.26. The molecule has 1 aromatic carbocycles. The molecule has 0 aromatic heterocycles. The van der Waals surface area contributed by atoms with Gasteiger partial charge in [0.05, 0.1) is 11.5 Å². The fourth-order valence-corrected chi connectivity index (χ4v) is 2.38. The number of hydrogen-bond acceptors (Lipinski definition) is 4. The first kappa shape index (κ1) is 12.9. The van der Waals surface area contributed by atoms with E-state index in [-0.39, 0.29) is 10.1 Å². The summed E-state index contributed by atoms with van der Waals surface area (Å²) in [6.07, 6.45) is 0. The summed E-state index contributed by atoms with van der Waals surface area (Å²) in [5.41, 5.74) is 0.992. The van der Waals surface area contributed by atoms with Crippen molar-refractivity contribution < 1.29 is 13.2 Å². The maximum atomic E-state index is 11.8. The van der Waals surface area contributed by atoms with E-state index in [1.807, 2.05) is 6.92 Å². The predicted molar refractivity (Wildman–Crippen MR) is 65.7 cm³/mol. The topological polar surface area (TPSA) is 55.4 Å². The standard InChI is InChI=1S/C10H13NO3S2/c1-3-14-10(15)11-16(12,13)9-6-4-8(2)5-7-9/h4-7H,3H2,1-2H3,(H,11,15). The smallest absolute Gasteiger partial charge is 0.270 e. The number of benzene rings is 1. The summed E-state index contributed by atoms with van der Waals surface area (Å²) < 4.78 is 30.5. The number of nitrogens with one attached hydrogen (secondary N) is 1. The molecule has 16 heavy (non-hydrogen) atoms. The van der Waals surface area contributed by atoms with E-state index in [1.165, 1.54) is 12.1 Å². The van der Waals surface area contributed by atoms with Gasteiger partial charge in [0, 0.05) is 0 Å². The zero-order chi connectivity index (χ0) is 12.2. The van der Waals surface area contributed by atoms with E-state index in [2.05, 4.69) is 4.72 Å². The predicted octanol–water partition coefficient (Wildman–Crippen LogP) is 1.59. The SMILES string of the molecule is CCOC(=S)NS(=O)(=O)c1ccc(C)cc1. The summed E-state index contributed by atoms with van der Waals surface area (Å²) in [5, 5.41) is -0.136. The maximum absolute atomic E-state index is 11.8. The van der Waals surface area contributed by atoms with Crippen molar-refractivity contribution in [2.24, 2.45) is 0 Å². The largest absolute Gasteiger partial charge is 0.471 e. The molecular formula is C10H13NO3S2. The van der Waals surface area contributed by atoms with Crippen LogP contribution in [-0.4, -0.2) is 20.2 Å². The van der Waals surface area contributed by atoms with Crippen molar-refractivity contribution in [2.75, 3.05) is 6.61 Å². The zero-order valence-electron chi connectivity index (χ0n) is 9.06. The highest BCUT2D eigenvalue weighted by atomic mass is 32.2. The molecule has 0 radical (unpaired) electrons. The number of hydrogen-bond donors (Lipinski definition) is 1. The quantitative estimate of drug-likeness (QED) is 0.838. The highest BCUT2D eigenvalue weighted by molar-refractivity contribution is 7.91. The van der Waals surface area contributed by atoms with Crippen molar-refractivity contribution in [2.45, 2.75) is 18.7 Å². The third-order valence-corrected chi connectivity index (χ3v) is 3.52. The third-order valence-electron chi connectivity index (χ3n) is 1.82. The van der Waals surface area contributed by atoms with E-state index < -0.39 is 10.0 Å². The molecule has 0 saturated carbocycles. The number of aryl methyl sites for hydroxylation is 1. The molecule has 0 amide bonds. The molecule has 0 bridgehead atoms. The van der Waals surface area contributed by atoms with Crippen LogP contribution >= 0.6 is 12.2 Å². The summed E-state index contributed by atoms with van der Waals surface area (Å²) >= 11 is 4.71. The maximum Gasteiger partial charge on any atom is 0.270 e. The fraction of sp³-hybridized carbons (Fsp3) is 0.300. The van der Waals surface area contributed by atoms with Crippen LogP contribution in [0, 0.1) is 6.92 Å². The molecular weight excluding hydrogens is 246 g/mol. The van der Waals surface area contributed by atoms with Gasteiger partial charge < -0.3 is 4.74 Å². The normalized spacial score (nSPS) is 10.9. The highest BCUT2D eigenvalue weighted by Crippen LogP contribution is 2.09. The van der Waals surface area contributed by atoms with Gasteiger partial charge in [-0.2, -0.15) is 0 Å². The van der Waals surface area contributed by atoms with Crippen LogP contribution in [0.3, 0.4) is 0 Å². The second kappa shape index (κ2) is 5.27. The van der Waals surface area contributed by atoms with E-state index >= 15 is 0 Å². The van der Waals surface area contributed by atoms with E-state index in [0.29, 0.717) is 6.61 Å². The van der Waals surface area contributed by atoms with Gasteiger partial charge in [-0.05, 0) is 38.2 Å². The first-order chi connectivity index (χ1) is 7.45. The van der Waals surface area contributed by atoms with Crippen molar-refractivity contribution >= 4 is 27.4 Å². The van der Waals surface area contributed by atoms with Crippen LogP contribution in [0.25, 0.3) is 0 Å². The molecule has 88 valence electrons. The molecule has 4 nitrogen and oxygen atoms in total. The molecule has 0 aliphatic rings. The number of rotatable bonds is 3. The Morgan fingerprint density at radius 1 is 1.38 bits per heavy atom. The number of sulfonamides is 1. The van der Waals surface area contributed by atoms with Gasteiger partial charge >= 0.3 is 0 Å². The average molecular weight is 259 g/mol. The van der Waals surface area contributed by atoms with Gasteiger partial charge in [-0.3, -0.25) is 0 Å². The fourth-order valence-electron chi connectivity index (χ4n) is 1.05. The van der Waals surface area contributed by atoms with Crippen molar-refractivity contribution in [1.29, 1.82) is 0 Å². The van der Waals surface area contributed by atoms with Gasteiger partial charge in [-0.15, -0.1) is 0 Å². The van der Waals surface area contributed by atoms with E-state index in [9.17, 15) is 8.42 Å². The van der Waals surface area contributed by atoms with E-state index in [0.717, 1.165) is 5.56 Å². The van der Waals surface area contributed by atoms with Crippen LogP contribution in [0.15, 0.2) is 29.2 Å². The van der Waals surface area contributed by atoms with Crippen molar-refractivity contribution in [3.63, 3.8) is 0 Å². The van der Waals surface area contributed by atoms with Crippen LogP contribution in [0.1, 0.15) is 12.5 Å². The Morgan fingerprint density at radius 2 is 1.94 bits per heavy atom. The Bertz CT molecular complexity index is 465. The van der Waals surface area contributed by atoms with Crippen molar-refractivity contribution in [3.8, 4) is 0 Å². The second-order valence-corrected chi connectivity index (χ2v) is 5.19. The minimum absolute atomic E-state index is 0.136. The lowest BCUT2D eigenvalue weighted by Crippen LogP contribution is -2.30. The van der Waals surface area contributed by atoms with Crippen LogP contribution in [0.4, 0.5) is 0 Å². The monoisotopic (exact) mass is 259 g/mol. The Labute approximate surface area is 101 Å². The van der Waals surface area contributed by atoms with Crippen LogP contribution in [0.5, 0.6) is 0 Å². The number of ether oxygens (including phenoxy) is 1. The van der Waals surface area contributed by atoms with Crippen LogP contribution < -0.4 is 4.72 Å². The first-order valence-electron chi connectivity index (χ1n) is 4.72. The molecule has 1 aromatic rings. The Morgan fingerprint density at radius 3 is 2.44 bits per heavy atom. The van der Waals surface area contributed by atoms with Crippen LogP contribution in [0.2, 0.25) is 0 Å². The summed E-state index contributed by atoms with van der Waals surface area (Å²) in [6.45, 7) is 3.94. The lowest BCUT2D eigenvalue weighted by atomic mass is 10.2. The molecule has 1 rings (SSSR count). The van der Waals surface area contributed by atoms with Gasteiger partial charge in [-0.1, -0.05) is 17.7 Å². The van der Waals surface area contributed by atoms with Gasteiger partial charge in [-0.25, -0.2) is 13.1 Å². The van der Waals surface area contributed by atoms with Gasteiger partial charge in [0.25, 0.3) is 15.2 Å². The molecule has 1 N–H and O–H groups in total. The van der Waals surface area contributed by atoms with Gasteiger partial charge in [0.1, 0.15) is 0 Å². The van der Waals surface area contributed by atoms with Gasteiger partial charge in [0.15, 0.2) is 0 Å². The highest BCUT2D eigenvalue weighted by Gasteiger charge is 2.15. The second-order valence-electron chi connectivity index (χ2n) is 3.14. The lowest BCUT2D eigenvalue weighted by molar-refractivity contribution is 0.327. The summed E-state index contributed by atoms with van der Waals surface area (Å²) in [5.74, 6) is 0. The third kappa shape index (κ3) is 3.46. The molecule has 0 aliphatic heterocycles. The van der Waals surface area contributed by atoms with Gasteiger partial charge in [0.2, 0.25) is 0 Å².